The van der Waals surface area contributed by atoms with Crippen molar-refractivity contribution in [3.63, 3.8) is 0 Å². The van der Waals surface area contributed by atoms with Gasteiger partial charge >= 0.3 is 0 Å². The van der Waals surface area contributed by atoms with E-state index in [1.807, 2.05) is 78.2 Å². The Hall–Kier alpha value is -3.05. The molecule has 2 aromatic carbocycles. The number of hydrogen-bond donors (Lipinski definition) is 1. The molecule has 1 saturated carbocycles. The maximum atomic E-state index is 13.8. The fourth-order valence-corrected chi connectivity index (χ4v) is 5.41. The number of nitrogens with one attached hydrogen (secondary N) is 1. The standard InChI is InChI=1S/C28H30ClN3O2/c1-28(27(34)30-23-9-5-6-10-23)19-31-24(21-7-3-2-4-8-21)15-16-25(31)26(33)32(28)18-17-20-11-13-22(29)14-12-20/h2-4,7-8,11-16,23H,5-6,9-10,17-19H2,1H3,(H,30,34)/t28-/m0/s1. The van der Waals surface area contributed by atoms with Crippen molar-refractivity contribution < 1.29 is 9.59 Å². The van der Waals surface area contributed by atoms with Crippen molar-refractivity contribution >= 4 is 23.4 Å². The minimum Gasteiger partial charge on any atom is -0.351 e. The number of fused-ring (bicyclic) bond motifs is 1. The molecule has 2 aliphatic rings. The zero-order valence-electron chi connectivity index (χ0n) is 19.5. The van der Waals surface area contributed by atoms with Crippen LogP contribution in [0.3, 0.4) is 0 Å². The number of aromatic nitrogens is 1. The highest BCUT2D eigenvalue weighted by Gasteiger charge is 2.48. The number of rotatable bonds is 6. The lowest BCUT2D eigenvalue weighted by molar-refractivity contribution is -0.133. The van der Waals surface area contributed by atoms with E-state index in [1.54, 1.807) is 4.90 Å². The van der Waals surface area contributed by atoms with Crippen LogP contribution in [0.25, 0.3) is 11.3 Å². The summed E-state index contributed by atoms with van der Waals surface area (Å²) >= 11 is 6.04. The Morgan fingerprint density at radius 2 is 1.68 bits per heavy atom. The minimum atomic E-state index is -0.984. The summed E-state index contributed by atoms with van der Waals surface area (Å²) in [6.07, 6.45) is 4.94. The second-order valence-electron chi connectivity index (χ2n) is 9.62. The van der Waals surface area contributed by atoms with E-state index in [0.29, 0.717) is 30.2 Å². The maximum Gasteiger partial charge on any atom is 0.271 e. The normalized spacial score (nSPS) is 20.4. The predicted molar refractivity (Wildman–Crippen MR) is 135 cm³/mol. The molecule has 1 atom stereocenters. The zero-order chi connectivity index (χ0) is 23.7. The van der Waals surface area contributed by atoms with Gasteiger partial charge in [-0.2, -0.15) is 0 Å². The molecule has 5 nitrogen and oxygen atoms in total. The maximum absolute atomic E-state index is 13.8. The Morgan fingerprint density at radius 1 is 1.00 bits per heavy atom. The third-order valence-corrected chi connectivity index (χ3v) is 7.55. The molecule has 3 aromatic rings. The van der Waals surface area contributed by atoms with Crippen LogP contribution in [0.5, 0.6) is 0 Å². The van der Waals surface area contributed by atoms with Crippen molar-refractivity contribution in [3.05, 3.63) is 83.0 Å². The third kappa shape index (κ3) is 4.25. The molecule has 0 unspecified atom stereocenters. The van der Waals surface area contributed by atoms with Crippen molar-refractivity contribution in [1.29, 1.82) is 0 Å². The van der Waals surface area contributed by atoms with E-state index in [-0.39, 0.29) is 17.9 Å². The summed E-state index contributed by atoms with van der Waals surface area (Å²) < 4.78 is 2.02. The van der Waals surface area contributed by atoms with Gasteiger partial charge in [-0.3, -0.25) is 9.59 Å². The first-order valence-electron chi connectivity index (χ1n) is 12.1. The Morgan fingerprint density at radius 3 is 2.38 bits per heavy atom. The molecular formula is C28H30ClN3O2. The molecule has 2 amide bonds. The summed E-state index contributed by atoms with van der Waals surface area (Å²) in [7, 11) is 0. The second-order valence-corrected chi connectivity index (χ2v) is 10.1. The van der Waals surface area contributed by atoms with E-state index in [2.05, 4.69) is 5.32 Å². The third-order valence-electron chi connectivity index (χ3n) is 7.29. The van der Waals surface area contributed by atoms with E-state index in [4.69, 9.17) is 11.6 Å². The smallest absolute Gasteiger partial charge is 0.271 e. The van der Waals surface area contributed by atoms with Crippen LogP contribution in [0.1, 0.15) is 48.7 Å². The molecule has 0 radical (unpaired) electrons. The number of carbonyl (C=O) groups is 2. The SMILES string of the molecule is C[C@@]1(C(=O)NC2CCCC2)Cn2c(ccc2-c2ccccc2)C(=O)N1CCc1ccc(Cl)cc1. The van der Waals surface area contributed by atoms with E-state index in [9.17, 15) is 9.59 Å². The van der Waals surface area contributed by atoms with Crippen LogP contribution in [-0.2, 0) is 17.8 Å². The van der Waals surface area contributed by atoms with Crippen LogP contribution in [0.2, 0.25) is 5.02 Å². The van der Waals surface area contributed by atoms with Crippen molar-refractivity contribution in [2.45, 2.75) is 57.2 Å². The Labute approximate surface area is 205 Å². The highest BCUT2D eigenvalue weighted by Crippen LogP contribution is 2.34. The molecule has 0 spiro atoms. The van der Waals surface area contributed by atoms with Crippen molar-refractivity contribution in [1.82, 2.24) is 14.8 Å². The molecule has 0 saturated heterocycles. The van der Waals surface area contributed by atoms with Crippen LogP contribution in [0.15, 0.2) is 66.7 Å². The average Bonchev–Trinajstić information content (AvgIpc) is 3.50. The number of halogens is 1. The zero-order valence-corrected chi connectivity index (χ0v) is 20.2. The summed E-state index contributed by atoms with van der Waals surface area (Å²) in [5, 5.41) is 3.95. The molecule has 1 N–H and O–H groups in total. The van der Waals surface area contributed by atoms with Gasteiger partial charge in [0.1, 0.15) is 11.2 Å². The molecule has 1 aliphatic carbocycles. The number of carbonyl (C=O) groups excluding carboxylic acids is 2. The molecule has 1 aromatic heterocycles. The molecule has 6 heteroatoms. The van der Waals surface area contributed by atoms with Crippen LogP contribution < -0.4 is 5.32 Å². The van der Waals surface area contributed by atoms with Gasteiger partial charge in [-0.25, -0.2) is 0 Å². The van der Waals surface area contributed by atoms with Gasteiger partial charge in [-0.1, -0.05) is 66.9 Å². The first-order chi connectivity index (χ1) is 16.5. The molecular weight excluding hydrogens is 446 g/mol. The minimum absolute atomic E-state index is 0.0674. The van der Waals surface area contributed by atoms with E-state index in [1.165, 1.54) is 0 Å². The molecule has 2 heterocycles. The number of nitrogens with zero attached hydrogens (tertiary/aromatic N) is 2. The lowest BCUT2D eigenvalue weighted by Gasteiger charge is -2.45. The lowest BCUT2D eigenvalue weighted by Crippen LogP contribution is -2.65. The van der Waals surface area contributed by atoms with Crippen LogP contribution in [-0.4, -0.2) is 39.4 Å². The quantitative estimate of drug-likeness (QED) is 0.524. The second kappa shape index (κ2) is 9.30. The molecule has 1 aliphatic heterocycles. The Bertz CT molecular complexity index is 1180. The molecule has 5 rings (SSSR count). The molecule has 34 heavy (non-hydrogen) atoms. The summed E-state index contributed by atoms with van der Waals surface area (Å²) in [5.74, 6) is -0.173. The largest absolute Gasteiger partial charge is 0.351 e. The predicted octanol–water partition coefficient (Wildman–Crippen LogP) is 5.32. The first-order valence-corrected chi connectivity index (χ1v) is 12.5. The Kier molecular flexibility index (Phi) is 6.22. The van der Waals surface area contributed by atoms with Gasteiger partial charge in [0.25, 0.3) is 5.91 Å². The topological polar surface area (TPSA) is 54.3 Å². The van der Waals surface area contributed by atoms with Gasteiger partial charge in [-0.05, 0) is 61.6 Å². The first kappa shape index (κ1) is 22.7. The summed E-state index contributed by atoms with van der Waals surface area (Å²) in [5.41, 5.74) is 2.72. The van der Waals surface area contributed by atoms with Crippen molar-refractivity contribution in [3.8, 4) is 11.3 Å². The van der Waals surface area contributed by atoms with Crippen molar-refractivity contribution in [2.75, 3.05) is 6.54 Å². The summed E-state index contributed by atoms with van der Waals surface area (Å²) in [4.78, 5) is 29.3. The summed E-state index contributed by atoms with van der Waals surface area (Å²) in [6, 6.07) is 21.8. The van der Waals surface area contributed by atoms with Gasteiger partial charge in [0.05, 0.1) is 6.54 Å². The Balaban J connectivity index is 1.49. The van der Waals surface area contributed by atoms with Gasteiger partial charge in [0.15, 0.2) is 0 Å². The fraction of sp³-hybridized carbons (Fsp3) is 0.357. The number of amides is 2. The lowest BCUT2D eigenvalue weighted by atomic mass is 9.93. The van der Waals surface area contributed by atoms with E-state index in [0.717, 1.165) is 42.5 Å². The number of benzene rings is 2. The molecule has 0 bridgehead atoms. The van der Waals surface area contributed by atoms with Gasteiger partial charge in [0.2, 0.25) is 5.91 Å². The number of hydrogen-bond acceptors (Lipinski definition) is 2. The molecule has 1 fully saturated rings. The van der Waals surface area contributed by atoms with Gasteiger partial charge in [-0.15, -0.1) is 0 Å². The average molecular weight is 476 g/mol. The highest BCUT2D eigenvalue weighted by atomic mass is 35.5. The molecule has 176 valence electrons. The van der Waals surface area contributed by atoms with Gasteiger partial charge in [0, 0.05) is 23.3 Å². The van der Waals surface area contributed by atoms with Crippen LogP contribution in [0.4, 0.5) is 0 Å². The summed E-state index contributed by atoms with van der Waals surface area (Å²) in [6.45, 7) is 2.79. The fourth-order valence-electron chi connectivity index (χ4n) is 5.29. The van der Waals surface area contributed by atoms with Crippen LogP contribution >= 0.6 is 11.6 Å². The van der Waals surface area contributed by atoms with Crippen molar-refractivity contribution in [2.24, 2.45) is 0 Å². The monoisotopic (exact) mass is 475 g/mol. The van der Waals surface area contributed by atoms with E-state index >= 15 is 0 Å². The van der Waals surface area contributed by atoms with Crippen LogP contribution in [0, 0.1) is 0 Å². The van der Waals surface area contributed by atoms with Gasteiger partial charge < -0.3 is 14.8 Å². The highest BCUT2D eigenvalue weighted by molar-refractivity contribution is 6.30. The van der Waals surface area contributed by atoms with E-state index < -0.39 is 5.54 Å².